The van der Waals surface area contributed by atoms with Crippen molar-refractivity contribution in [3.8, 4) is 0 Å². The van der Waals surface area contributed by atoms with Gasteiger partial charge < -0.3 is 15.8 Å². The van der Waals surface area contributed by atoms with Crippen LogP contribution in [0, 0.1) is 0 Å². The smallest absolute Gasteiger partial charge is 0.416 e. The average Bonchev–Trinajstić information content (AvgIpc) is 2.45. The molecule has 0 bridgehead atoms. The zero-order chi connectivity index (χ0) is 17.6. The maximum atomic E-state index is 12.4. The van der Waals surface area contributed by atoms with Crippen LogP contribution < -0.4 is 11.1 Å². The van der Waals surface area contributed by atoms with E-state index in [9.17, 15) is 27.6 Å². The van der Waals surface area contributed by atoms with Crippen molar-refractivity contribution in [2.75, 3.05) is 6.61 Å². The van der Waals surface area contributed by atoms with Gasteiger partial charge in [-0.1, -0.05) is 0 Å². The molecule has 2 amide bonds. The molecule has 0 spiro atoms. The molecule has 1 rings (SSSR count). The summed E-state index contributed by atoms with van der Waals surface area (Å²) in [5, 5.41) is 2.18. The van der Waals surface area contributed by atoms with Gasteiger partial charge in [-0.25, -0.2) is 0 Å². The number of hydrogen-bond acceptors (Lipinski definition) is 4. The topological polar surface area (TPSA) is 98.5 Å². The minimum atomic E-state index is -4.52. The standard InChI is InChI=1S/C14H15F3N2O4/c1-2-23-11(20)7-10(12(18)21)19-13(22)8-3-5-9(6-4-8)14(15,16)17/h3-6,10H,2,7H2,1H3,(H2,18,21)(H,19,22)/t10-/m1/s1. The second-order valence-corrected chi connectivity index (χ2v) is 4.51. The molecule has 0 unspecified atom stereocenters. The van der Waals surface area contributed by atoms with Gasteiger partial charge in [-0.05, 0) is 31.2 Å². The fourth-order valence-electron chi connectivity index (χ4n) is 1.66. The molecular weight excluding hydrogens is 317 g/mol. The average molecular weight is 332 g/mol. The van der Waals surface area contributed by atoms with Crippen LogP contribution in [-0.4, -0.2) is 30.4 Å². The number of esters is 1. The van der Waals surface area contributed by atoms with Gasteiger partial charge in [0, 0.05) is 5.56 Å². The van der Waals surface area contributed by atoms with Crippen LogP contribution in [0.1, 0.15) is 29.3 Å². The normalized spacial score (nSPS) is 12.3. The van der Waals surface area contributed by atoms with Gasteiger partial charge in [-0.3, -0.25) is 14.4 Å². The minimum absolute atomic E-state index is 0.0944. The molecule has 23 heavy (non-hydrogen) atoms. The number of nitrogens with one attached hydrogen (secondary N) is 1. The Balaban J connectivity index is 2.79. The van der Waals surface area contributed by atoms with Gasteiger partial charge in [0.1, 0.15) is 6.04 Å². The van der Waals surface area contributed by atoms with Crippen LogP contribution in [0.4, 0.5) is 13.2 Å². The first-order valence-electron chi connectivity index (χ1n) is 6.58. The van der Waals surface area contributed by atoms with E-state index in [4.69, 9.17) is 5.73 Å². The van der Waals surface area contributed by atoms with E-state index in [1.165, 1.54) is 0 Å². The lowest BCUT2D eigenvalue weighted by Gasteiger charge is -2.15. The number of benzene rings is 1. The maximum absolute atomic E-state index is 12.4. The first-order valence-corrected chi connectivity index (χ1v) is 6.58. The number of hydrogen-bond donors (Lipinski definition) is 2. The van der Waals surface area contributed by atoms with Crippen molar-refractivity contribution >= 4 is 17.8 Å². The third kappa shape index (κ3) is 5.61. The Hall–Kier alpha value is -2.58. The van der Waals surface area contributed by atoms with Crippen molar-refractivity contribution in [3.63, 3.8) is 0 Å². The molecule has 0 aliphatic heterocycles. The molecule has 9 heteroatoms. The van der Waals surface area contributed by atoms with Crippen LogP contribution in [0.25, 0.3) is 0 Å². The van der Waals surface area contributed by atoms with E-state index in [0.717, 1.165) is 24.3 Å². The molecule has 3 N–H and O–H groups in total. The summed E-state index contributed by atoms with van der Waals surface area (Å²) in [5.74, 6) is -2.52. The van der Waals surface area contributed by atoms with E-state index in [-0.39, 0.29) is 12.2 Å². The molecule has 0 fully saturated rings. The quantitative estimate of drug-likeness (QED) is 0.766. The monoisotopic (exact) mass is 332 g/mol. The molecule has 6 nitrogen and oxygen atoms in total. The first-order chi connectivity index (χ1) is 10.6. The molecule has 1 aromatic carbocycles. The molecule has 126 valence electrons. The number of carbonyl (C=O) groups is 3. The van der Waals surface area contributed by atoms with Gasteiger partial charge in [0.15, 0.2) is 0 Å². The van der Waals surface area contributed by atoms with E-state index >= 15 is 0 Å². The molecule has 0 aromatic heterocycles. The molecule has 1 aromatic rings. The van der Waals surface area contributed by atoms with Crippen LogP contribution >= 0.6 is 0 Å². The predicted octanol–water partition coefficient (Wildman–Crippen LogP) is 1.24. The van der Waals surface area contributed by atoms with Crippen LogP contribution in [0.15, 0.2) is 24.3 Å². The summed E-state index contributed by atoms with van der Waals surface area (Å²) < 4.78 is 42.0. The van der Waals surface area contributed by atoms with E-state index in [1.807, 2.05) is 0 Å². The highest BCUT2D eigenvalue weighted by Gasteiger charge is 2.30. The Labute approximate surface area is 129 Å². The second-order valence-electron chi connectivity index (χ2n) is 4.51. The maximum Gasteiger partial charge on any atom is 0.416 e. The molecule has 0 aliphatic rings. The van der Waals surface area contributed by atoms with Gasteiger partial charge in [-0.15, -0.1) is 0 Å². The molecule has 0 aliphatic carbocycles. The lowest BCUT2D eigenvalue weighted by molar-refractivity contribution is -0.145. The van der Waals surface area contributed by atoms with E-state index in [1.54, 1.807) is 6.92 Å². The highest BCUT2D eigenvalue weighted by atomic mass is 19.4. The number of nitrogens with two attached hydrogens (primary N) is 1. The van der Waals surface area contributed by atoms with E-state index in [2.05, 4.69) is 10.1 Å². The summed E-state index contributed by atoms with van der Waals surface area (Å²) in [4.78, 5) is 34.5. The molecule has 0 saturated carbocycles. The number of alkyl halides is 3. The number of primary amides is 1. The van der Waals surface area contributed by atoms with Crippen LogP contribution in [0.3, 0.4) is 0 Å². The fraction of sp³-hybridized carbons (Fsp3) is 0.357. The molecule has 0 heterocycles. The highest BCUT2D eigenvalue weighted by molar-refractivity contribution is 5.98. The Morgan fingerprint density at radius 1 is 1.22 bits per heavy atom. The van der Waals surface area contributed by atoms with Gasteiger partial charge in [0.25, 0.3) is 5.91 Å². The summed E-state index contributed by atoms with van der Waals surface area (Å²) in [6, 6.07) is 2.07. The minimum Gasteiger partial charge on any atom is -0.466 e. The zero-order valence-electron chi connectivity index (χ0n) is 12.1. The number of ether oxygens (including phenoxy) is 1. The summed E-state index contributed by atoms with van der Waals surface area (Å²) in [6.45, 7) is 1.66. The molecule has 0 saturated heterocycles. The van der Waals surface area contributed by atoms with Gasteiger partial charge in [-0.2, -0.15) is 13.2 Å². The first kappa shape index (κ1) is 18.5. The van der Waals surface area contributed by atoms with E-state index < -0.39 is 42.0 Å². The number of rotatable bonds is 6. The lowest BCUT2D eigenvalue weighted by Crippen LogP contribution is -2.45. The zero-order valence-corrected chi connectivity index (χ0v) is 12.1. The SMILES string of the molecule is CCOC(=O)C[C@@H](NC(=O)c1ccc(C(F)(F)F)cc1)C(N)=O. The Bertz CT molecular complexity index is 585. The number of carbonyl (C=O) groups excluding carboxylic acids is 3. The summed E-state index contributed by atoms with van der Waals surface area (Å²) in [5.41, 5.74) is 4.06. The van der Waals surface area contributed by atoms with E-state index in [0.29, 0.717) is 0 Å². The fourth-order valence-corrected chi connectivity index (χ4v) is 1.66. The van der Waals surface area contributed by atoms with Crippen molar-refractivity contribution in [1.29, 1.82) is 0 Å². The van der Waals surface area contributed by atoms with Gasteiger partial charge >= 0.3 is 12.1 Å². The Morgan fingerprint density at radius 2 is 1.78 bits per heavy atom. The van der Waals surface area contributed by atoms with Crippen molar-refractivity contribution in [3.05, 3.63) is 35.4 Å². The lowest BCUT2D eigenvalue weighted by atomic mass is 10.1. The summed E-state index contributed by atoms with van der Waals surface area (Å²) in [6.07, 6.45) is -4.98. The van der Waals surface area contributed by atoms with Crippen LogP contribution in [-0.2, 0) is 20.5 Å². The predicted molar refractivity (Wildman–Crippen MR) is 73.1 cm³/mol. The second kappa shape index (κ2) is 7.61. The third-order valence-electron chi connectivity index (χ3n) is 2.80. The van der Waals surface area contributed by atoms with Crippen LogP contribution in [0.5, 0.6) is 0 Å². The van der Waals surface area contributed by atoms with Crippen molar-refractivity contribution in [2.45, 2.75) is 25.6 Å². The largest absolute Gasteiger partial charge is 0.466 e. The summed E-state index contributed by atoms with van der Waals surface area (Å²) in [7, 11) is 0. The Kier molecular flexibility index (Phi) is 6.11. The van der Waals surface area contributed by atoms with Gasteiger partial charge in [0.05, 0.1) is 18.6 Å². The van der Waals surface area contributed by atoms with Crippen molar-refractivity contribution in [1.82, 2.24) is 5.32 Å². The highest BCUT2D eigenvalue weighted by Crippen LogP contribution is 2.29. The number of amides is 2. The number of halogens is 3. The van der Waals surface area contributed by atoms with Crippen LogP contribution in [0.2, 0.25) is 0 Å². The molecular formula is C14H15F3N2O4. The van der Waals surface area contributed by atoms with Crippen molar-refractivity contribution in [2.24, 2.45) is 5.73 Å². The van der Waals surface area contributed by atoms with Gasteiger partial charge in [0.2, 0.25) is 5.91 Å². The molecule has 1 atom stereocenters. The van der Waals surface area contributed by atoms with Crippen molar-refractivity contribution < 1.29 is 32.3 Å². The third-order valence-corrected chi connectivity index (χ3v) is 2.80. The Morgan fingerprint density at radius 3 is 2.22 bits per heavy atom. The summed E-state index contributed by atoms with van der Waals surface area (Å²) >= 11 is 0. The molecule has 0 radical (unpaired) electrons.